The number of carbonyl (C=O) groups excluding carboxylic acids is 1. The fourth-order valence-corrected chi connectivity index (χ4v) is 3.94. The molecule has 0 spiro atoms. The number of thioether (sulfide) groups is 1. The van der Waals surface area contributed by atoms with Crippen LogP contribution >= 0.6 is 23.1 Å². The Morgan fingerprint density at radius 3 is 2.64 bits per heavy atom. The van der Waals surface area contributed by atoms with E-state index >= 15 is 0 Å². The number of amides is 1. The summed E-state index contributed by atoms with van der Waals surface area (Å²) in [5, 5.41) is 5.49. The largest absolute Gasteiger partial charge is 0.458 e. The van der Waals surface area contributed by atoms with Gasteiger partial charge >= 0.3 is 0 Å². The first kappa shape index (κ1) is 17.8. The third kappa shape index (κ3) is 5.25. The van der Waals surface area contributed by atoms with Crippen LogP contribution in [0, 0.1) is 0 Å². The van der Waals surface area contributed by atoms with Gasteiger partial charge in [-0.15, -0.1) is 23.1 Å². The highest BCUT2D eigenvalue weighted by Crippen LogP contribution is 2.26. The zero-order valence-electron chi connectivity index (χ0n) is 14.3. The van der Waals surface area contributed by atoms with Crippen LogP contribution in [-0.2, 0) is 17.8 Å². The molecule has 2 heterocycles. The minimum Gasteiger partial charge on any atom is -0.458 e. The van der Waals surface area contributed by atoms with Gasteiger partial charge in [0.15, 0.2) is 0 Å². The topological polar surface area (TPSA) is 42.2 Å². The van der Waals surface area contributed by atoms with Crippen LogP contribution in [0.3, 0.4) is 0 Å². The highest BCUT2D eigenvalue weighted by Gasteiger charge is 2.08. The molecule has 2 aromatic heterocycles. The monoisotopic (exact) mass is 371 g/mol. The third-order valence-electron chi connectivity index (χ3n) is 3.55. The van der Waals surface area contributed by atoms with Crippen molar-refractivity contribution in [2.45, 2.75) is 37.0 Å². The summed E-state index contributed by atoms with van der Waals surface area (Å²) in [6, 6.07) is 16.1. The highest BCUT2D eigenvalue weighted by atomic mass is 32.2. The predicted molar refractivity (Wildman–Crippen MR) is 105 cm³/mol. The number of carbonyl (C=O) groups is 1. The van der Waals surface area contributed by atoms with Crippen LogP contribution in [-0.4, -0.2) is 11.2 Å². The Hall–Kier alpha value is -1.98. The Kier molecular flexibility index (Phi) is 6.00. The van der Waals surface area contributed by atoms with Gasteiger partial charge in [0.25, 0.3) is 0 Å². The van der Waals surface area contributed by atoms with E-state index in [1.807, 2.05) is 53.5 Å². The van der Waals surface area contributed by atoms with Crippen molar-refractivity contribution in [1.29, 1.82) is 0 Å². The van der Waals surface area contributed by atoms with Crippen molar-refractivity contribution >= 4 is 29.0 Å². The van der Waals surface area contributed by atoms with Gasteiger partial charge in [-0.05, 0) is 41.3 Å². The minimum atomic E-state index is -0.00154. The van der Waals surface area contributed by atoms with E-state index in [2.05, 4.69) is 31.3 Å². The van der Waals surface area contributed by atoms with Crippen molar-refractivity contribution in [1.82, 2.24) is 5.32 Å². The maximum atomic E-state index is 12.1. The van der Waals surface area contributed by atoms with Gasteiger partial charge in [0.2, 0.25) is 5.91 Å². The van der Waals surface area contributed by atoms with Gasteiger partial charge in [0, 0.05) is 10.1 Å². The summed E-state index contributed by atoms with van der Waals surface area (Å²) in [4.78, 5) is 14.5. The first-order valence-corrected chi connectivity index (χ1v) is 10.0. The quantitative estimate of drug-likeness (QED) is 0.568. The Morgan fingerprint density at radius 1 is 1.16 bits per heavy atom. The lowest BCUT2D eigenvalue weighted by Gasteiger charge is -2.07. The molecule has 1 amide bonds. The zero-order valence-corrected chi connectivity index (χ0v) is 16.0. The molecule has 0 fully saturated rings. The van der Waals surface area contributed by atoms with E-state index < -0.39 is 0 Å². The van der Waals surface area contributed by atoms with E-state index in [9.17, 15) is 4.79 Å². The minimum absolute atomic E-state index is 0.00154. The number of benzene rings is 1. The summed E-state index contributed by atoms with van der Waals surface area (Å²) in [7, 11) is 0. The summed E-state index contributed by atoms with van der Waals surface area (Å²) in [6.07, 6.45) is 0.380. The van der Waals surface area contributed by atoms with Gasteiger partial charge in [-0.3, -0.25) is 4.79 Å². The van der Waals surface area contributed by atoms with Gasteiger partial charge in [-0.1, -0.05) is 32.0 Å². The molecule has 25 heavy (non-hydrogen) atoms. The van der Waals surface area contributed by atoms with Crippen molar-refractivity contribution in [2.75, 3.05) is 0 Å². The maximum absolute atomic E-state index is 12.1. The predicted octanol–water partition coefficient (Wildman–Crippen LogP) is 5.37. The van der Waals surface area contributed by atoms with Crippen LogP contribution in [0.1, 0.15) is 25.2 Å². The summed E-state index contributed by atoms with van der Waals surface area (Å²) < 4.78 is 5.77. The van der Waals surface area contributed by atoms with Crippen molar-refractivity contribution in [3.05, 3.63) is 65.2 Å². The number of rotatable bonds is 7. The van der Waals surface area contributed by atoms with Crippen molar-refractivity contribution in [3.63, 3.8) is 0 Å². The van der Waals surface area contributed by atoms with E-state index in [1.54, 1.807) is 11.3 Å². The van der Waals surface area contributed by atoms with Gasteiger partial charge in [0.1, 0.15) is 11.5 Å². The molecule has 0 atom stereocenters. The summed E-state index contributed by atoms with van der Waals surface area (Å²) in [5.41, 5.74) is 1.02. The molecule has 3 rings (SSSR count). The molecule has 0 aliphatic carbocycles. The second-order valence-electron chi connectivity index (χ2n) is 6.01. The molecular weight excluding hydrogens is 350 g/mol. The zero-order chi connectivity index (χ0) is 17.6. The van der Waals surface area contributed by atoms with E-state index in [1.165, 1.54) is 4.90 Å². The standard InChI is InChI=1S/C20H21NO2S2/c1-14(2)25-17-8-5-15(6-9-17)12-20(22)21-13-16-7-10-18(23-16)19-4-3-11-24-19/h3-11,14H,12-13H2,1-2H3,(H,21,22). The Morgan fingerprint density at radius 2 is 1.96 bits per heavy atom. The van der Waals surface area contributed by atoms with Gasteiger partial charge < -0.3 is 9.73 Å². The number of hydrogen-bond donors (Lipinski definition) is 1. The molecule has 0 radical (unpaired) electrons. The fourth-order valence-electron chi connectivity index (χ4n) is 2.42. The van der Waals surface area contributed by atoms with Gasteiger partial charge in [-0.25, -0.2) is 0 Å². The molecule has 0 aliphatic rings. The van der Waals surface area contributed by atoms with Crippen LogP contribution in [0.2, 0.25) is 0 Å². The normalized spacial score (nSPS) is 11.0. The maximum Gasteiger partial charge on any atom is 0.224 e. The van der Waals surface area contributed by atoms with E-state index in [4.69, 9.17) is 4.42 Å². The highest BCUT2D eigenvalue weighted by molar-refractivity contribution is 7.99. The average molecular weight is 372 g/mol. The van der Waals surface area contributed by atoms with Crippen LogP contribution in [0.5, 0.6) is 0 Å². The van der Waals surface area contributed by atoms with Crippen LogP contribution in [0.4, 0.5) is 0 Å². The Labute approximate surface area is 156 Å². The van der Waals surface area contributed by atoms with Crippen molar-refractivity contribution in [2.24, 2.45) is 0 Å². The van der Waals surface area contributed by atoms with Gasteiger partial charge in [0.05, 0.1) is 17.8 Å². The summed E-state index contributed by atoms with van der Waals surface area (Å²) >= 11 is 3.46. The van der Waals surface area contributed by atoms with Crippen molar-refractivity contribution in [3.8, 4) is 10.6 Å². The molecule has 0 saturated heterocycles. The third-order valence-corrected chi connectivity index (χ3v) is 5.45. The van der Waals surface area contributed by atoms with E-state index in [0.717, 1.165) is 22.0 Å². The first-order chi connectivity index (χ1) is 12.1. The van der Waals surface area contributed by atoms with E-state index in [-0.39, 0.29) is 5.91 Å². The Bertz CT molecular complexity index is 805. The molecule has 5 heteroatoms. The molecule has 1 aromatic carbocycles. The summed E-state index contributed by atoms with van der Waals surface area (Å²) in [6.45, 7) is 4.75. The number of hydrogen-bond acceptors (Lipinski definition) is 4. The second-order valence-corrected chi connectivity index (χ2v) is 8.60. The number of nitrogens with one attached hydrogen (secondary N) is 1. The number of furan rings is 1. The summed E-state index contributed by atoms with van der Waals surface area (Å²) in [5.74, 6) is 1.61. The second kappa shape index (κ2) is 8.41. The lowest BCUT2D eigenvalue weighted by atomic mass is 10.1. The Balaban J connectivity index is 1.49. The molecule has 0 saturated carbocycles. The van der Waals surface area contributed by atoms with Crippen molar-refractivity contribution < 1.29 is 9.21 Å². The molecule has 0 bridgehead atoms. The SMILES string of the molecule is CC(C)Sc1ccc(CC(=O)NCc2ccc(-c3cccs3)o2)cc1. The van der Waals surface area contributed by atoms with Crippen LogP contribution in [0.25, 0.3) is 10.6 Å². The average Bonchev–Trinajstić information content (AvgIpc) is 3.25. The first-order valence-electron chi connectivity index (χ1n) is 8.25. The molecule has 1 N–H and O–H groups in total. The van der Waals surface area contributed by atoms with Gasteiger partial charge in [-0.2, -0.15) is 0 Å². The molecule has 0 aliphatic heterocycles. The molecule has 3 aromatic rings. The number of thiophene rings is 1. The van der Waals surface area contributed by atoms with Crippen LogP contribution in [0.15, 0.2) is 63.2 Å². The molecule has 3 nitrogen and oxygen atoms in total. The molecular formula is C20H21NO2S2. The molecule has 130 valence electrons. The lowest BCUT2D eigenvalue weighted by molar-refractivity contribution is -0.120. The fraction of sp³-hybridized carbons (Fsp3) is 0.250. The lowest BCUT2D eigenvalue weighted by Crippen LogP contribution is -2.24. The molecule has 0 unspecified atom stereocenters. The van der Waals surface area contributed by atoms with E-state index in [0.29, 0.717) is 18.2 Å². The van der Waals surface area contributed by atoms with Crippen LogP contribution < -0.4 is 5.32 Å². The smallest absolute Gasteiger partial charge is 0.224 e.